The fraction of sp³-hybridized carbons (Fsp3) is 0.333. The first-order valence-corrected chi connectivity index (χ1v) is 9.95. The number of piperazine rings is 1. The summed E-state index contributed by atoms with van der Waals surface area (Å²) in [5.41, 5.74) is 2.54. The van der Waals surface area contributed by atoms with Crippen LogP contribution in [0.3, 0.4) is 0 Å². The third-order valence-electron chi connectivity index (χ3n) is 5.08. The van der Waals surface area contributed by atoms with Crippen molar-refractivity contribution in [1.29, 1.82) is 0 Å². The van der Waals surface area contributed by atoms with Crippen LogP contribution in [0, 0.1) is 0 Å². The molecule has 1 fully saturated rings. The van der Waals surface area contributed by atoms with E-state index in [2.05, 4.69) is 16.7 Å². The Hall–Kier alpha value is -2.41. The average Bonchev–Trinajstić information content (AvgIpc) is 2.69. The molecule has 1 aliphatic heterocycles. The highest BCUT2D eigenvalue weighted by molar-refractivity contribution is 6.30. The topological polar surface area (TPSA) is 67.1 Å². The van der Waals surface area contributed by atoms with Crippen LogP contribution in [0.15, 0.2) is 48.5 Å². The van der Waals surface area contributed by atoms with Gasteiger partial charge in [0.2, 0.25) is 0 Å². The number of benzene rings is 2. The molecule has 1 heterocycles. The van der Waals surface area contributed by atoms with E-state index in [-0.39, 0.29) is 11.8 Å². The number of amides is 2. The number of hydrogen-bond donors (Lipinski definition) is 4. The SMILES string of the molecule is CNC(=O)c1ccc(NC(=O)C[NH+]2CC[NH+](Cc3cccc(Cl)c3)CC2)cc1. The van der Waals surface area contributed by atoms with Gasteiger partial charge in [-0.1, -0.05) is 23.7 Å². The van der Waals surface area contributed by atoms with Crippen molar-refractivity contribution in [2.75, 3.05) is 45.1 Å². The molecule has 1 aliphatic rings. The summed E-state index contributed by atoms with van der Waals surface area (Å²) in [4.78, 5) is 26.7. The highest BCUT2D eigenvalue weighted by Gasteiger charge is 2.25. The Labute approximate surface area is 170 Å². The summed E-state index contributed by atoms with van der Waals surface area (Å²) >= 11 is 6.06. The van der Waals surface area contributed by atoms with Gasteiger partial charge in [0.25, 0.3) is 11.8 Å². The molecule has 28 heavy (non-hydrogen) atoms. The minimum atomic E-state index is -0.138. The molecular formula is C21H27ClN4O2+2. The fourth-order valence-electron chi connectivity index (χ4n) is 3.53. The molecule has 0 radical (unpaired) electrons. The molecule has 4 N–H and O–H groups in total. The first-order chi connectivity index (χ1) is 13.5. The van der Waals surface area contributed by atoms with Gasteiger partial charge in [-0.15, -0.1) is 0 Å². The van der Waals surface area contributed by atoms with Crippen molar-refractivity contribution in [2.24, 2.45) is 0 Å². The molecule has 2 aromatic carbocycles. The van der Waals surface area contributed by atoms with Crippen molar-refractivity contribution in [2.45, 2.75) is 6.54 Å². The van der Waals surface area contributed by atoms with Crippen LogP contribution in [0.5, 0.6) is 0 Å². The third kappa shape index (κ3) is 5.79. The summed E-state index contributed by atoms with van der Waals surface area (Å²) in [6, 6.07) is 14.9. The largest absolute Gasteiger partial charge is 0.355 e. The van der Waals surface area contributed by atoms with Crippen molar-refractivity contribution < 1.29 is 19.4 Å². The van der Waals surface area contributed by atoms with Gasteiger partial charge in [-0.3, -0.25) is 9.59 Å². The number of halogens is 1. The predicted molar refractivity (Wildman–Crippen MR) is 110 cm³/mol. The van der Waals surface area contributed by atoms with Crippen molar-refractivity contribution in [3.63, 3.8) is 0 Å². The molecule has 7 heteroatoms. The second kappa shape index (κ2) is 9.68. The lowest BCUT2D eigenvalue weighted by atomic mass is 10.2. The molecule has 0 bridgehead atoms. The van der Waals surface area contributed by atoms with E-state index in [1.165, 1.54) is 15.4 Å². The van der Waals surface area contributed by atoms with E-state index < -0.39 is 0 Å². The summed E-state index contributed by atoms with van der Waals surface area (Å²) < 4.78 is 0. The van der Waals surface area contributed by atoms with Gasteiger partial charge in [0.1, 0.15) is 32.7 Å². The van der Waals surface area contributed by atoms with Crippen molar-refractivity contribution in [3.05, 3.63) is 64.7 Å². The van der Waals surface area contributed by atoms with Crippen LogP contribution >= 0.6 is 11.6 Å². The molecule has 0 aliphatic carbocycles. The van der Waals surface area contributed by atoms with Crippen LogP contribution in [-0.4, -0.2) is 51.6 Å². The molecule has 3 rings (SSSR count). The van der Waals surface area contributed by atoms with Gasteiger partial charge >= 0.3 is 0 Å². The van der Waals surface area contributed by atoms with Gasteiger partial charge in [0, 0.05) is 28.9 Å². The van der Waals surface area contributed by atoms with E-state index in [1.807, 2.05) is 18.2 Å². The number of nitrogens with one attached hydrogen (secondary N) is 4. The Kier molecular flexibility index (Phi) is 7.03. The van der Waals surface area contributed by atoms with Crippen molar-refractivity contribution >= 4 is 29.1 Å². The lowest BCUT2D eigenvalue weighted by molar-refractivity contribution is -1.02. The molecular weight excluding hydrogens is 376 g/mol. The van der Waals surface area contributed by atoms with Gasteiger partial charge in [-0.25, -0.2) is 0 Å². The zero-order valence-corrected chi connectivity index (χ0v) is 16.8. The van der Waals surface area contributed by atoms with Crippen LogP contribution in [0.25, 0.3) is 0 Å². The zero-order chi connectivity index (χ0) is 19.9. The van der Waals surface area contributed by atoms with E-state index >= 15 is 0 Å². The van der Waals surface area contributed by atoms with Crippen molar-refractivity contribution in [3.8, 4) is 0 Å². The highest BCUT2D eigenvalue weighted by Crippen LogP contribution is 2.10. The minimum absolute atomic E-state index is 0.000911. The van der Waals surface area contributed by atoms with Gasteiger partial charge in [0.05, 0.1) is 0 Å². The molecule has 0 aromatic heterocycles. The van der Waals surface area contributed by atoms with E-state index in [0.29, 0.717) is 17.8 Å². The van der Waals surface area contributed by atoms with E-state index in [1.54, 1.807) is 31.3 Å². The summed E-state index contributed by atoms with van der Waals surface area (Å²) in [6.45, 7) is 5.45. The second-order valence-corrected chi connectivity index (χ2v) is 7.62. The van der Waals surface area contributed by atoms with Gasteiger partial charge < -0.3 is 20.4 Å². The number of quaternary nitrogens is 2. The molecule has 6 nitrogen and oxygen atoms in total. The standard InChI is InChI=1S/C21H25ClN4O2/c1-23-21(28)17-5-7-19(8-6-17)24-20(27)15-26-11-9-25(10-12-26)14-16-3-2-4-18(22)13-16/h2-8,13H,9-12,14-15H2,1H3,(H,23,28)(H,24,27)/p+2. The predicted octanol–water partition coefficient (Wildman–Crippen LogP) is -0.378. The molecule has 0 unspecified atom stereocenters. The number of carbonyl (C=O) groups is 2. The second-order valence-electron chi connectivity index (χ2n) is 7.19. The van der Waals surface area contributed by atoms with Gasteiger partial charge in [-0.2, -0.15) is 0 Å². The summed E-state index contributed by atoms with van der Waals surface area (Å²) in [5, 5.41) is 6.28. The molecule has 1 saturated heterocycles. The van der Waals surface area contributed by atoms with Crippen LogP contribution in [0.4, 0.5) is 5.69 Å². The van der Waals surface area contributed by atoms with Gasteiger partial charge in [-0.05, 0) is 36.4 Å². The molecule has 2 aromatic rings. The first kappa shape index (κ1) is 20.3. The molecule has 148 valence electrons. The normalized spacial score (nSPS) is 19.1. The van der Waals surface area contributed by atoms with Crippen LogP contribution < -0.4 is 20.4 Å². The van der Waals surface area contributed by atoms with E-state index in [9.17, 15) is 9.59 Å². The molecule has 2 amide bonds. The third-order valence-corrected chi connectivity index (χ3v) is 5.31. The fourth-order valence-corrected chi connectivity index (χ4v) is 3.74. The Bertz CT molecular complexity index is 817. The quantitative estimate of drug-likeness (QED) is 0.532. The molecule has 0 spiro atoms. The highest BCUT2D eigenvalue weighted by atomic mass is 35.5. The first-order valence-electron chi connectivity index (χ1n) is 9.57. The number of anilines is 1. The Morgan fingerprint density at radius 2 is 1.68 bits per heavy atom. The van der Waals surface area contributed by atoms with Crippen LogP contribution in [0.1, 0.15) is 15.9 Å². The van der Waals surface area contributed by atoms with Crippen LogP contribution in [0.2, 0.25) is 5.02 Å². The Morgan fingerprint density at radius 1 is 1.00 bits per heavy atom. The maximum Gasteiger partial charge on any atom is 0.279 e. The Balaban J connectivity index is 1.43. The summed E-state index contributed by atoms with van der Waals surface area (Å²) in [5.74, 6) is -0.138. The number of hydrogen-bond acceptors (Lipinski definition) is 2. The maximum atomic E-state index is 12.3. The van der Waals surface area contributed by atoms with Crippen molar-refractivity contribution in [1.82, 2.24) is 5.32 Å². The smallest absolute Gasteiger partial charge is 0.279 e. The zero-order valence-electron chi connectivity index (χ0n) is 16.1. The summed E-state index contributed by atoms with van der Waals surface area (Å²) in [7, 11) is 1.59. The van der Waals surface area contributed by atoms with Crippen LogP contribution in [-0.2, 0) is 11.3 Å². The Morgan fingerprint density at radius 3 is 2.32 bits per heavy atom. The van der Waals surface area contributed by atoms with E-state index in [4.69, 9.17) is 11.6 Å². The molecule has 0 saturated carbocycles. The minimum Gasteiger partial charge on any atom is -0.355 e. The van der Waals surface area contributed by atoms with Gasteiger partial charge in [0.15, 0.2) is 6.54 Å². The monoisotopic (exact) mass is 402 g/mol. The summed E-state index contributed by atoms with van der Waals surface area (Å²) in [6.07, 6.45) is 0. The number of rotatable bonds is 6. The lowest BCUT2D eigenvalue weighted by Gasteiger charge is -2.29. The van der Waals surface area contributed by atoms with E-state index in [0.717, 1.165) is 37.7 Å². The number of carbonyl (C=O) groups excluding carboxylic acids is 2. The lowest BCUT2D eigenvalue weighted by Crippen LogP contribution is -3.28. The maximum absolute atomic E-state index is 12.3. The molecule has 0 atom stereocenters. The average molecular weight is 403 g/mol.